The predicted octanol–water partition coefficient (Wildman–Crippen LogP) is 1.67. The molecule has 2 heterocycles. The first-order valence-corrected chi connectivity index (χ1v) is 6.85. The Morgan fingerprint density at radius 3 is 2.65 bits per heavy atom. The third kappa shape index (κ3) is 3.90. The molecule has 20 heavy (non-hydrogen) atoms. The van der Waals surface area contributed by atoms with Gasteiger partial charge < -0.3 is 15.0 Å². The van der Waals surface area contributed by atoms with E-state index in [1.807, 2.05) is 27.7 Å². The maximum absolute atomic E-state index is 12.1. The molecule has 6 heteroatoms. The molecule has 1 unspecified atom stereocenters. The summed E-state index contributed by atoms with van der Waals surface area (Å²) < 4.78 is 5.40. The number of piperazine rings is 1. The molecule has 1 aliphatic rings. The van der Waals surface area contributed by atoms with Gasteiger partial charge in [0.2, 0.25) is 0 Å². The summed E-state index contributed by atoms with van der Waals surface area (Å²) in [4.78, 5) is 22.4. The highest BCUT2D eigenvalue weighted by atomic mass is 16.6. The number of hydrogen-bond acceptors (Lipinski definition) is 5. The monoisotopic (exact) mass is 278 g/mol. The number of carbonyl (C=O) groups is 1. The average molecular weight is 278 g/mol. The summed E-state index contributed by atoms with van der Waals surface area (Å²) >= 11 is 0. The first kappa shape index (κ1) is 14.7. The Morgan fingerprint density at radius 2 is 2.05 bits per heavy atom. The zero-order valence-corrected chi connectivity index (χ0v) is 12.5. The van der Waals surface area contributed by atoms with Gasteiger partial charge in [-0.05, 0) is 33.3 Å². The van der Waals surface area contributed by atoms with Crippen molar-refractivity contribution >= 4 is 6.09 Å². The van der Waals surface area contributed by atoms with E-state index in [0.717, 1.165) is 5.56 Å². The molecular weight excluding hydrogens is 256 g/mol. The van der Waals surface area contributed by atoms with Crippen LogP contribution >= 0.6 is 0 Å². The molecular formula is C14H22N4O2. The largest absolute Gasteiger partial charge is 0.444 e. The SMILES string of the molecule is Cc1cnc(C2CN(C(=O)OC(C)(C)C)CCN2)nc1. The predicted molar refractivity (Wildman–Crippen MR) is 75.3 cm³/mol. The fourth-order valence-corrected chi connectivity index (χ4v) is 2.00. The lowest BCUT2D eigenvalue weighted by molar-refractivity contribution is 0.0192. The van der Waals surface area contributed by atoms with Crippen molar-refractivity contribution in [1.29, 1.82) is 0 Å². The highest BCUT2D eigenvalue weighted by Gasteiger charge is 2.29. The summed E-state index contributed by atoms with van der Waals surface area (Å²) in [5.74, 6) is 0.712. The molecule has 0 aromatic carbocycles. The van der Waals surface area contributed by atoms with Crippen LogP contribution in [0.15, 0.2) is 12.4 Å². The number of nitrogens with one attached hydrogen (secondary N) is 1. The minimum Gasteiger partial charge on any atom is -0.444 e. The van der Waals surface area contributed by atoms with E-state index in [9.17, 15) is 4.79 Å². The molecule has 1 N–H and O–H groups in total. The lowest BCUT2D eigenvalue weighted by Gasteiger charge is -2.34. The highest BCUT2D eigenvalue weighted by molar-refractivity contribution is 5.68. The Kier molecular flexibility index (Phi) is 4.23. The van der Waals surface area contributed by atoms with E-state index in [1.54, 1.807) is 17.3 Å². The van der Waals surface area contributed by atoms with Crippen molar-refractivity contribution in [3.63, 3.8) is 0 Å². The number of hydrogen-bond donors (Lipinski definition) is 1. The average Bonchev–Trinajstić information content (AvgIpc) is 2.38. The molecule has 1 aromatic rings. The lowest BCUT2D eigenvalue weighted by atomic mass is 10.2. The van der Waals surface area contributed by atoms with Crippen LogP contribution in [0.5, 0.6) is 0 Å². The summed E-state index contributed by atoms with van der Waals surface area (Å²) in [6.45, 7) is 9.43. The van der Waals surface area contributed by atoms with E-state index in [0.29, 0.717) is 25.5 Å². The molecule has 1 aliphatic heterocycles. The van der Waals surface area contributed by atoms with E-state index < -0.39 is 5.60 Å². The van der Waals surface area contributed by atoms with Crippen LogP contribution < -0.4 is 5.32 Å². The molecule has 0 saturated carbocycles. The van der Waals surface area contributed by atoms with E-state index in [-0.39, 0.29) is 12.1 Å². The highest BCUT2D eigenvalue weighted by Crippen LogP contribution is 2.16. The molecule has 110 valence electrons. The molecule has 1 atom stereocenters. The van der Waals surface area contributed by atoms with Gasteiger partial charge in [-0.15, -0.1) is 0 Å². The number of amides is 1. The Bertz CT molecular complexity index is 467. The fraction of sp³-hybridized carbons (Fsp3) is 0.643. The van der Waals surface area contributed by atoms with Crippen LogP contribution in [0.4, 0.5) is 4.79 Å². The quantitative estimate of drug-likeness (QED) is 0.846. The number of aromatic nitrogens is 2. The van der Waals surface area contributed by atoms with Gasteiger partial charge in [0.25, 0.3) is 0 Å². The van der Waals surface area contributed by atoms with Gasteiger partial charge in [0.15, 0.2) is 0 Å². The Labute approximate surface area is 119 Å². The van der Waals surface area contributed by atoms with Crippen molar-refractivity contribution in [3.8, 4) is 0 Å². The Hall–Kier alpha value is -1.69. The topological polar surface area (TPSA) is 67.4 Å². The first-order chi connectivity index (χ1) is 9.35. The zero-order valence-electron chi connectivity index (χ0n) is 12.5. The van der Waals surface area contributed by atoms with Gasteiger partial charge >= 0.3 is 6.09 Å². The molecule has 1 amide bonds. The van der Waals surface area contributed by atoms with Crippen molar-refractivity contribution in [2.24, 2.45) is 0 Å². The molecule has 1 fully saturated rings. The van der Waals surface area contributed by atoms with E-state index in [2.05, 4.69) is 15.3 Å². The molecule has 0 aliphatic carbocycles. The van der Waals surface area contributed by atoms with Crippen LogP contribution in [0.2, 0.25) is 0 Å². The maximum atomic E-state index is 12.1. The second-order valence-corrected chi connectivity index (χ2v) is 6.05. The normalized spacial score (nSPS) is 19.8. The standard InChI is InChI=1S/C14H22N4O2/c1-10-7-16-12(17-8-10)11-9-18(6-5-15-11)13(19)20-14(2,3)4/h7-8,11,15H,5-6,9H2,1-4H3. The van der Waals surface area contributed by atoms with Gasteiger partial charge in [0.05, 0.1) is 6.04 Å². The first-order valence-electron chi connectivity index (χ1n) is 6.85. The molecule has 6 nitrogen and oxygen atoms in total. The van der Waals surface area contributed by atoms with Gasteiger partial charge in [0, 0.05) is 32.0 Å². The van der Waals surface area contributed by atoms with Crippen molar-refractivity contribution in [1.82, 2.24) is 20.2 Å². The van der Waals surface area contributed by atoms with Crippen LogP contribution in [-0.2, 0) is 4.74 Å². The molecule has 0 radical (unpaired) electrons. The number of nitrogens with zero attached hydrogens (tertiary/aromatic N) is 3. The zero-order chi connectivity index (χ0) is 14.8. The Morgan fingerprint density at radius 1 is 1.40 bits per heavy atom. The third-order valence-corrected chi connectivity index (χ3v) is 2.94. The summed E-state index contributed by atoms with van der Waals surface area (Å²) in [5.41, 5.74) is 0.547. The van der Waals surface area contributed by atoms with Gasteiger partial charge in [-0.3, -0.25) is 0 Å². The van der Waals surface area contributed by atoms with Crippen LogP contribution in [0.1, 0.15) is 38.2 Å². The second-order valence-electron chi connectivity index (χ2n) is 6.05. The van der Waals surface area contributed by atoms with Gasteiger partial charge in [0.1, 0.15) is 11.4 Å². The van der Waals surface area contributed by atoms with Crippen LogP contribution in [0, 0.1) is 6.92 Å². The number of aryl methyl sites for hydroxylation is 1. The Balaban J connectivity index is 2.01. The van der Waals surface area contributed by atoms with Crippen molar-refractivity contribution < 1.29 is 9.53 Å². The molecule has 0 bridgehead atoms. The van der Waals surface area contributed by atoms with Crippen LogP contribution in [0.25, 0.3) is 0 Å². The van der Waals surface area contributed by atoms with Gasteiger partial charge in [-0.25, -0.2) is 14.8 Å². The second kappa shape index (κ2) is 5.75. The summed E-state index contributed by atoms with van der Waals surface area (Å²) in [6.07, 6.45) is 3.29. The third-order valence-electron chi connectivity index (χ3n) is 2.94. The fourth-order valence-electron chi connectivity index (χ4n) is 2.00. The number of rotatable bonds is 1. The molecule has 0 spiro atoms. The summed E-state index contributed by atoms with van der Waals surface area (Å²) in [6, 6.07) is -0.0446. The van der Waals surface area contributed by atoms with Crippen molar-refractivity contribution in [3.05, 3.63) is 23.8 Å². The van der Waals surface area contributed by atoms with Gasteiger partial charge in [-0.1, -0.05) is 0 Å². The van der Waals surface area contributed by atoms with E-state index in [4.69, 9.17) is 4.74 Å². The maximum Gasteiger partial charge on any atom is 0.410 e. The minimum absolute atomic E-state index is 0.0446. The number of ether oxygens (including phenoxy) is 1. The van der Waals surface area contributed by atoms with Gasteiger partial charge in [-0.2, -0.15) is 0 Å². The summed E-state index contributed by atoms with van der Waals surface area (Å²) in [7, 11) is 0. The van der Waals surface area contributed by atoms with E-state index in [1.165, 1.54) is 0 Å². The molecule has 1 saturated heterocycles. The molecule has 1 aromatic heterocycles. The summed E-state index contributed by atoms with van der Waals surface area (Å²) in [5, 5.41) is 3.33. The van der Waals surface area contributed by atoms with Crippen molar-refractivity contribution in [2.45, 2.75) is 39.3 Å². The molecule has 2 rings (SSSR count). The number of carbonyl (C=O) groups excluding carboxylic acids is 1. The lowest BCUT2D eigenvalue weighted by Crippen LogP contribution is -2.50. The minimum atomic E-state index is -0.474. The van der Waals surface area contributed by atoms with Crippen LogP contribution in [-0.4, -0.2) is 46.2 Å². The van der Waals surface area contributed by atoms with E-state index >= 15 is 0 Å². The van der Waals surface area contributed by atoms with Crippen LogP contribution in [0.3, 0.4) is 0 Å². The van der Waals surface area contributed by atoms with Crippen molar-refractivity contribution in [2.75, 3.05) is 19.6 Å². The smallest absolute Gasteiger partial charge is 0.410 e.